The molecule has 0 aromatic carbocycles. The van der Waals surface area contributed by atoms with Crippen molar-refractivity contribution in [1.82, 2.24) is 15.1 Å². The minimum atomic E-state index is 0.0587. The lowest BCUT2D eigenvalue weighted by Gasteiger charge is -2.34. The van der Waals surface area contributed by atoms with E-state index in [0.717, 1.165) is 17.4 Å². The van der Waals surface area contributed by atoms with Gasteiger partial charge in [0.15, 0.2) is 0 Å². The van der Waals surface area contributed by atoms with Crippen molar-refractivity contribution in [3.8, 4) is 0 Å². The van der Waals surface area contributed by atoms with E-state index in [9.17, 15) is 0 Å². The molecule has 1 aliphatic heterocycles. The van der Waals surface area contributed by atoms with E-state index in [1.807, 2.05) is 6.07 Å². The highest BCUT2D eigenvalue weighted by atomic mass is 16.3. The highest BCUT2D eigenvalue weighted by molar-refractivity contribution is 5.14. The molecule has 2 N–H and O–H groups in total. The van der Waals surface area contributed by atoms with Crippen molar-refractivity contribution in [2.45, 2.75) is 63.6 Å². The molecule has 1 saturated heterocycles. The van der Waals surface area contributed by atoms with Gasteiger partial charge in [-0.3, -0.25) is 10.00 Å². The number of hydrogen-bond donors (Lipinski definition) is 2. The quantitative estimate of drug-likeness (QED) is 0.864. The van der Waals surface area contributed by atoms with Gasteiger partial charge in [0.2, 0.25) is 0 Å². The third-order valence-electron chi connectivity index (χ3n) is 4.50. The molecular formula is C14H23N3O. The minimum Gasteiger partial charge on any atom is -0.390 e. The van der Waals surface area contributed by atoms with Crippen LogP contribution >= 0.6 is 0 Å². The van der Waals surface area contributed by atoms with Crippen LogP contribution < -0.4 is 0 Å². The van der Waals surface area contributed by atoms with Gasteiger partial charge in [0, 0.05) is 6.04 Å². The average molecular weight is 249 g/mol. The van der Waals surface area contributed by atoms with Crippen LogP contribution in [0.15, 0.2) is 6.07 Å². The Labute approximate surface area is 108 Å². The Morgan fingerprint density at radius 2 is 2.06 bits per heavy atom. The van der Waals surface area contributed by atoms with Gasteiger partial charge in [0.1, 0.15) is 0 Å². The molecule has 0 unspecified atom stereocenters. The number of aliphatic hydroxyl groups excluding tert-OH is 1. The molecule has 2 heterocycles. The molecule has 4 nitrogen and oxygen atoms in total. The van der Waals surface area contributed by atoms with Gasteiger partial charge in [-0.15, -0.1) is 0 Å². The molecule has 0 bridgehead atoms. The summed E-state index contributed by atoms with van der Waals surface area (Å²) in [6.07, 6.45) is 9.38. The van der Waals surface area contributed by atoms with Gasteiger partial charge in [0.05, 0.1) is 24.0 Å². The number of nitrogens with one attached hydrogen (secondary N) is 1. The highest BCUT2D eigenvalue weighted by Crippen LogP contribution is 2.36. The molecule has 1 aromatic rings. The minimum absolute atomic E-state index is 0.0587. The van der Waals surface area contributed by atoms with E-state index in [1.165, 1.54) is 51.5 Å². The number of H-pyrrole nitrogens is 1. The van der Waals surface area contributed by atoms with Crippen LogP contribution in [0.25, 0.3) is 0 Å². The number of aromatic amines is 1. The second-order valence-electron chi connectivity index (χ2n) is 5.66. The predicted molar refractivity (Wildman–Crippen MR) is 70.1 cm³/mol. The van der Waals surface area contributed by atoms with Crippen LogP contribution in [0.4, 0.5) is 0 Å². The monoisotopic (exact) mass is 249 g/mol. The summed E-state index contributed by atoms with van der Waals surface area (Å²) in [5.41, 5.74) is 1.96. The van der Waals surface area contributed by atoms with E-state index in [1.54, 1.807) is 0 Å². The predicted octanol–water partition coefficient (Wildman–Crippen LogP) is 2.37. The lowest BCUT2D eigenvalue weighted by molar-refractivity contribution is 0.140. The molecular weight excluding hydrogens is 226 g/mol. The Morgan fingerprint density at radius 3 is 2.78 bits per heavy atom. The van der Waals surface area contributed by atoms with Crippen molar-refractivity contribution < 1.29 is 5.11 Å². The fraction of sp³-hybridized carbons (Fsp3) is 0.786. The van der Waals surface area contributed by atoms with Crippen LogP contribution in [-0.2, 0) is 6.61 Å². The Balaban J connectivity index is 1.73. The van der Waals surface area contributed by atoms with Crippen molar-refractivity contribution in [1.29, 1.82) is 0 Å². The number of aliphatic hydroxyl groups is 1. The van der Waals surface area contributed by atoms with Gasteiger partial charge in [-0.1, -0.05) is 19.3 Å². The zero-order valence-electron chi connectivity index (χ0n) is 10.9. The zero-order chi connectivity index (χ0) is 12.4. The summed E-state index contributed by atoms with van der Waals surface area (Å²) in [5.74, 6) is 0. The van der Waals surface area contributed by atoms with Crippen LogP contribution in [0.1, 0.15) is 62.4 Å². The molecule has 3 rings (SSSR count). The van der Waals surface area contributed by atoms with Gasteiger partial charge in [-0.05, 0) is 38.3 Å². The van der Waals surface area contributed by atoms with Crippen molar-refractivity contribution in [2.24, 2.45) is 0 Å². The van der Waals surface area contributed by atoms with Crippen molar-refractivity contribution in [3.63, 3.8) is 0 Å². The number of rotatable bonds is 3. The SMILES string of the molecule is OCc1cc([C@@H]2CCCN2C2CCCCC2)n[nH]1. The van der Waals surface area contributed by atoms with E-state index in [2.05, 4.69) is 15.1 Å². The van der Waals surface area contributed by atoms with Gasteiger partial charge >= 0.3 is 0 Å². The summed E-state index contributed by atoms with van der Waals surface area (Å²) >= 11 is 0. The molecule has 1 aromatic heterocycles. The maximum atomic E-state index is 9.12. The zero-order valence-corrected chi connectivity index (χ0v) is 10.9. The molecule has 2 fully saturated rings. The number of nitrogens with zero attached hydrogens (tertiary/aromatic N) is 2. The van der Waals surface area contributed by atoms with Gasteiger partial charge < -0.3 is 5.11 Å². The maximum Gasteiger partial charge on any atom is 0.0847 e. The standard InChI is InChI=1S/C14H23N3O/c18-10-11-9-13(16-15-11)14-7-4-8-17(14)12-5-2-1-3-6-12/h9,12,14,18H,1-8,10H2,(H,15,16)/t14-/m0/s1. The largest absolute Gasteiger partial charge is 0.390 e. The molecule has 1 aliphatic carbocycles. The Hall–Kier alpha value is -0.870. The van der Waals surface area contributed by atoms with Gasteiger partial charge in [0.25, 0.3) is 0 Å². The van der Waals surface area contributed by atoms with E-state index < -0.39 is 0 Å². The normalized spacial score (nSPS) is 26.8. The van der Waals surface area contributed by atoms with Crippen LogP contribution in [0.2, 0.25) is 0 Å². The molecule has 2 aliphatic rings. The summed E-state index contributed by atoms with van der Waals surface area (Å²) in [6, 6.07) is 3.27. The molecule has 0 radical (unpaired) electrons. The van der Waals surface area contributed by atoms with Crippen LogP contribution in [0, 0.1) is 0 Å². The summed E-state index contributed by atoms with van der Waals surface area (Å²) in [6.45, 7) is 1.28. The first-order valence-electron chi connectivity index (χ1n) is 7.29. The first-order valence-corrected chi connectivity index (χ1v) is 7.29. The second kappa shape index (κ2) is 5.41. The number of likely N-dealkylation sites (tertiary alicyclic amines) is 1. The van der Waals surface area contributed by atoms with Crippen LogP contribution in [-0.4, -0.2) is 32.8 Å². The molecule has 100 valence electrons. The Morgan fingerprint density at radius 1 is 1.22 bits per heavy atom. The fourth-order valence-corrected chi connectivity index (χ4v) is 3.59. The van der Waals surface area contributed by atoms with E-state index in [0.29, 0.717) is 6.04 Å². The molecule has 4 heteroatoms. The maximum absolute atomic E-state index is 9.12. The summed E-state index contributed by atoms with van der Waals surface area (Å²) in [7, 11) is 0. The van der Waals surface area contributed by atoms with Gasteiger partial charge in [-0.25, -0.2) is 0 Å². The van der Waals surface area contributed by atoms with E-state index in [4.69, 9.17) is 5.11 Å². The summed E-state index contributed by atoms with van der Waals surface area (Å²) < 4.78 is 0. The molecule has 18 heavy (non-hydrogen) atoms. The summed E-state index contributed by atoms with van der Waals surface area (Å²) in [5, 5.41) is 16.4. The lowest BCUT2D eigenvalue weighted by Crippen LogP contribution is -2.36. The van der Waals surface area contributed by atoms with Crippen LogP contribution in [0.3, 0.4) is 0 Å². The van der Waals surface area contributed by atoms with Crippen molar-refractivity contribution >= 4 is 0 Å². The van der Waals surface area contributed by atoms with E-state index >= 15 is 0 Å². The van der Waals surface area contributed by atoms with Gasteiger partial charge in [-0.2, -0.15) is 5.10 Å². The van der Waals surface area contributed by atoms with Crippen LogP contribution in [0.5, 0.6) is 0 Å². The van der Waals surface area contributed by atoms with Crippen molar-refractivity contribution in [2.75, 3.05) is 6.54 Å². The second-order valence-corrected chi connectivity index (χ2v) is 5.66. The topological polar surface area (TPSA) is 52.1 Å². The smallest absolute Gasteiger partial charge is 0.0847 e. The fourth-order valence-electron chi connectivity index (χ4n) is 3.59. The molecule has 1 saturated carbocycles. The number of hydrogen-bond acceptors (Lipinski definition) is 3. The third-order valence-corrected chi connectivity index (χ3v) is 4.50. The average Bonchev–Trinajstić information content (AvgIpc) is 3.08. The highest BCUT2D eigenvalue weighted by Gasteiger charge is 2.33. The first-order chi connectivity index (χ1) is 8.88. The molecule has 0 spiro atoms. The Kier molecular flexibility index (Phi) is 3.66. The first kappa shape index (κ1) is 12.2. The lowest BCUT2D eigenvalue weighted by atomic mass is 9.93. The number of aromatic nitrogens is 2. The summed E-state index contributed by atoms with van der Waals surface area (Å²) in [4.78, 5) is 2.66. The molecule has 1 atom stereocenters. The van der Waals surface area contributed by atoms with E-state index in [-0.39, 0.29) is 6.61 Å². The third kappa shape index (κ3) is 2.31. The molecule has 0 amide bonds. The Bertz CT molecular complexity index is 384. The van der Waals surface area contributed by atoms with Crippen molar-refractivity contribution in [3.05, 3.63) is 17.5 Å².